The summed E-state index contributed by atoms with van der Waals surface area (Å²) < 4.78 is 40.1. The summed E-state index contributed by atoms with van der Waals surface area (Å²) >= 11 is 7.64. The number of nitrogens with zero attached hydrogens (tertiary/aromatic N) is 4. The SMILES string of the molecule is O=C(NC1=NC2=CC=CC(Cl)C2S1)c1cn2c(-c3ccc(C(F)(F)F)cc3)cnc2cn1. The number of rotatable bonds is 2. The van der Waals surface area contributed by atoms with Crippen molar-refractivity contribution in [2.75, 3.05) is 0 Å². The number of carbonyl (C=O) groups is 1. The molecule has 0 bridgehead atoms. The molecule has 1 amide bonds. The fraction of sp³-hybridized carbons (Fsp3) is 0.143. The van der Waals surface area contributed by atoms with Gasteiger partial charge in [0.25, 0.3) is 5.91 Å². The summed E-state index contributed by atoms with van der Waals surface area (Å²) in [6.07, 6.45) is 5.55. The van der Waals surface area contributed by atoms with Crippen LogP contribution in [0.3, 0.4) is 0 Å². The lowest BCUT2D eigenvalue weighted by molar-refractivity contribution is -0.137. The Bertz CT molecular complexity index is 1310. The Balaban J connectivity index is 1.40. The van der Waals surface area contributed by atoms with E-state index in [0.717, 1.165) is 17.8 Å². The smallest absolute Gasteiger partial charge is 0.300 e. The molecule has 162 valence electrons. The van der Waals surface area contributed by atoms with Gasteiger partial charge < -0.3 is 0 Å². The van der Waals surface area contributed by atoms with Crippen LogP contribution >= 0.6 is 23.4 Å². The average Bonchev–Trinajstić information content (AvgIpc) is 3.37. The fourth-order valence-corrected chi connectivity index (χ4v) is 4.77. The summed E-state index contributed by atoms with van der Waals surface area (Å²) in [7, 11) is 0. The molecule has 2 aromatic heterocycles. The van der Waals surface area contributed by atoms with Crippen LogP contribution in [-0.4, -0.2) is 36.1 Å². The van der Waals surface area contributed by atoms with Crippen molar-refractivity contribution in [2.45, 2.75) is 16.8 Å². The maximum Gasteiger partial charge on any atom is 0.416 e. The maximum absolute atomic E-state index is 12.8. The number of amides is 1. The van der Waals surface area contributed by atoms with E-state index < -0.39 is 17.6 Å². The number of amidine groups is 1. The first kappa shape index (κ1) is 20.8. The number of hydrogen-bond donors (Lipinski definition) is 1. The van der Waals surface area contributed by atoms with Gasteiger partial charge >= 0.3 is 6.18 Å². The number of hydrogen-bond acceptors (Lipinski definition) is 5. The summed E-state index contributed by atoms with van der Waals surface area (Å²) in [5.74, 6) is -0.469. The normalized spacial score (nSPS) is 20.1. The topological polar surface area (TPSA) is 71.7 Å². The first-order chi connectivity index (χ1) is 15.3. The number of imidazole rings is 1. The van der Waals surface area contributed by atoms with E-state index in [1.165, 1.54) is 42.5 Å². The van der Waals surface area contributed by atoms with Crippen molar-refractivity contribution in [3.63, 3.8) is 0 Å². The Kier molecular flexibility index (Phi) is 5.06. The molecule has 32 heavy (non-hydrogen) atoms. The highest BCUT2D eigenvalue weighted by Gasteiger charge is 2.32. The molecular weight excluding hydrogens is 463 g/mol. The molecule has 2 atom stereocenters. The van der Waals surface area contributed by atoms with Crippen LogP contribution in [0, 0.1) is 0 Å². The van der Waals surface area contributed by atoms with Crippen LogP contribution in [0.1, 0.15) is 16.1 Å². The number of alkyl halides is 4. The second-order valence-corrected chi connectivity index (χ2v) is 8.68. The third kappa shape index (κ3) is 3.80. The molecule has 0 spiro atoms. The van der Waals surface area contributed by atoms with Gasteiger partial charge in [-0.3, -0.25) is 14.5 Å². The minimum atomic E-state index is -4.42. The molecule has 1 aliphatic carbocycles. The molecule has 3 heterocycles. The quantitative estimate of drug-likeness (QED) is 0.546. The van der Waals surface area contributed by atoms with Crippen molar-refractivity contribution >= 4 is 40.1 Å². The molecule has 3 aromatic rings. The van der Waals surface area contributed by atoms with Gasteiger partial charge in [-0.05, 0) is 18.2 Å². The molecule has 1 aromatic carbocycles. The minimum absolute atomic E-state index is 0.0627. The zero-order chi connectivity index (χ0) is 22.5. The fourth-order valence-electron chi connectivity index (χ4n) is 3.38. The van der Waals surface area contributed by atoms with Gasteiger partial charge in [-0.15, -0.1) is 11.6 Å². The average molecular weight is 476 g/mol. The van der Waals surface area contributed by atoms with Gasteiger partial charge in [0.05, 0.1) is 40.0 Å². The summed E-state index contributed by atoms with van der Waals surface area (Å²) in [5, 5.41) is 2.88. The number of carbonyl (C=O) groups excluding carboxylic acids is 1. The van der Waals surface area contributed by atoms with E-state index in [0.29, 0.717) is 22.1 Å². The second kappa shape index (κ2) is 7.79. The van der Waals surface area contributed by atoms with Crippen molar-refractivity contribution < 1.29 is 18.0 Å². The highest BCUT2D eigenvalue weighted by Crippen LogP contribution is 2.36. The lowest BCUT2D eigenvalue weighted by Crippen LogP contribution is -2.29. The second-order valence-electron chi connectivity index (χ2n) is 7.05. The summed E-state index contributed by atoms with van der Waals surface area (Å²) in [6.45, 7) is 0. The van der Waals surface area contributed by atoms with E-state index in [1.807, 2.05) is 18.2 Å². The monoisotopic (exact) mass is 475 g/mol. The highest BCUT2D eigenvalue weighted by atomic mass is 35.5. The van der Waals surface area contributed by atoms with Gasteiger partial charge in [0, 0.05) is 11.8 Å². The summed E-state index contributed by atoms with van der Waals surface area (Å²) in [5.41, 5.74) is 1.67. The molecule has 1 aliphatic heterocycles. The van der Waals surface area contributed by atoms with Gasteiger partial charge in [-0.1, -0.05) is 36.0 Å². The molecule has 11 heteroatoms. The van der Waals surface area contributed by atoms with Crippen LogP contribution in [0.25, 0.3) is 16.9 Å². The van der Waals surface area contributed by atoms with Crippen LogP contribution in [0.5, 0.6) is 0 Å². The molecule has 6 nitrogen and oxygen atoms in total. The van der Waals surface area contributed by atoms with E-state index in [-0.39, 0.29) is 16.3 Å². The molecule has 0 saturated heterocycles. The van der Waals surface area contributed by atoms with Gasteiger partial charge in [0.2, 0.25) is 0 Å². The molecule has 2 aliphatic rings. The zero-order valence-electron chi connectivity index (χ0n) is 16.0. The summed E-state index contributed by atoms with van der Waals surface area (Å²) in [6, 6.07) is 4.74. The number of nitrogens with one attached hydrogen (secondary N) is 1. The van der Waals surface area contributed by atoms with Crippen LogP contribution in [0.15, 0.2) is 71.8 Å². The van der Waals surface area contributed by atoms with E-state index in [4.69, 9.17) is 11.6 Å². The molecule has 0 fully saturated rings. The highest BCUT2D eigenvalue weighted by molar-refractivity contribution is 8.15. The predicted molar refractivity (Wildman–Crippen MR) is 117 cm³/mol. The Morgan fingerprint density at radius 1 is 1.16 bits per heavy atom. The Morgan fingerprint density at radius 3 is 2.66 bits per heavy atom. The number of allylic oxidation sites excluding steroid dienone is 3. The van der Waals surface area contributed by atoms with Crippen molar-refractivity contribution in [3.8, 4) is 11.3 Å². The van der Waals surface area contributed by atoms with Crippen LogP contribution in [-0.2, 0) is 6.18 Å². The van der Waals surface area contributed by atoms with Gasteiger partial charge in [0.1, 0.15) is 5.69 Å². The number of thioether (sulfide) groups is 1. The van der Waals surface area contributed by atoms with Gasteiger partial charge in [-0.2, -0.15) is 13.2 Å². The van der Waals surface area contributed by atoms with Crippen LogP contribution in [0.4, 0.5) is 13.2 Å². The van der Waals surface area contributed by atoms with Crippen molar-refractivity contribution in [1.29, 1.82) is 0 Å². The number of fused-ring (bicyclic) bond motifs is 2. The summed E-state index contributed by atoms with van der Waals surface area (Å²) in [4.78, 5) is 25.5. The van der Waals surface area contributed by atoms with Gasteiger partial charge in [-0.25, -0.2) is 15.0 Å². The number of benzene rings is 1. The van der Waals surface area contributed by atoms with Crippen molar-refractivity contribution in [3.05, 3.63) is 78.0 Å². The molecule has 1 N–H and O–H groups in total. The number of halogens is 4. The first-order valence-electron chi connectivity index (χ1n) is 9.39. The Hall–Kier alpha value is -3.11. The van der Waals surface area contributed by atoms with Crippen LogP contribution < -0.4 is 5.32 Å². The largest absolute Gasteiger partial charge is 0.416 e. The minimum Gasteiger partial charge on any atom is -0.300 e. The molecule has 0 radical (unpaired) electrons. The van der Waals surface area contributed by atoms with E-state index in [2.05, 4.69) is 20.3 Å². The number of aromatic nitrogens is 3. The standard InChI is InChI=1S/C21H13ClF3N5OS/c22-13-2-1-3-14-18(13)32-20(28-14)29-19(31)15-10-30-16(8-27-17(30)9-26-15)11-4-6-12(7-5-11)21(23,24)25/h1-10,13,18H,(H,28,29,31). The number of aliphatic imine (C=N–C) groups is 1. The third-order valence-electron chi connectivity index (χ3n) is 4.97. The van der Waals surface area contributed by atoms with E-state index in [1.54, 1.807) is 4.40 Å². The van der Waals surface area contributed by atoms with Crippen molar-refractivity contribution in [2.24, 2.45) is 4.99 Å². The molecule has 0 saturated carbocycles. The molecular formula is C21H13ClF3N5OS. The Morgan fingerprint density at radius 2 is 1.94 bits per heavy atom. The third-order valence-corrected chi connectivity index (χ3v) is 6.72. The van der Waals surface area contributed by atoms with E-state index in [9.17, 15) is 18.0 Å². The Labute approximate surface area is 188 Å². The molecule has 5 rings (SSSR count). The van der Waals surface area contributed by atoms with Gasteiger partial charge in [0.15, 0.2) is 10.8 Å². The lowest BCUT2D eigenvalue weighted by atomic mass is 10.1. The zero-order valence-corrected chi connectivity index (χ0v) is 17.6. The maximum atomic E-state index is 12.8. The first-order valence-corrected chi connectivity index (χ1v) is 10.7. The van der Waals surface area contributed by atoms with Crippen LogP contribution in [0.2, 0.25) is 0 Å². The van der Waals surface area contributed by atoms with E-state index >= 15 is 0 Å². The van der Waals surface area contributed by atoms with Crippen molar-refractivity contribution in [1.82, 2.24) is 19.7 Å². The predicted octanol–water partition coefficient (Wildman–Crippen LogP) is 4.68. The lowest BCUT2D eigenvalue weighted by Gasteiger charge is -2.15. The molecule has 2 unspecified atom stereocenters.